The smallest absolute Gasteiger partial charge is 0.242 e. The molecule has 0 aliphatic carbocycles. The molecule has 1 heterocycles. The molecular formula is C30H33ClN4O2. The summed E-state index contributed by atoms with van der Waals surface area (Å²) in [4.78, 5) is 35.0. The van der Waals surface area contributed by atoms with E-state index in [1.807, 2.05) is 90.8 Å². The van der Waals surface area contributed by atoms with Gasteiger partial charge in [0.05, 0.1) is 0 Å². The van der Waals surface area contributed by atoms with Crippen molar-refractivity contribution in [2.45, 2.75) is 19.5 Å². The molecule has 4 aromatic rings. The standard InChI is InChI=1S/C30H33ClN4O2/c1-33(2)26-14-12-24(13-15-26)20-34(17-16-25-19-32-28-11-7-6-10-27(25)28)30(37)22-35(29(36)18-31)21-23-8-4-3-5-9-23/h3-15,19,32H,16-18,20-22H2,1-2H3. The van der Waals surface area contributed by atoms with Crippen LogP contribution >= 0.6 is 11.6 Å². The number of hydrogen-bond donors (Lipinski definition) is 1. The van der Waals surface area contributed by atoms with Crippen LogP contribution in [0.3, 0.4) is 0 Å². The molecule has 7 heteroatoms. The highest BCUT2D eigenvalue weighted by Crippen LogP contribution is 2.20. The fourth-order valence-corrected chi connectivity index (χ4v) is 4.56. The fraction of sp³-hybridized carbons (Fsp3) is 0.267. The molecule has 0 radical (unpaired) electrons. The monoisotopic (exact) mass is 516 g/mol. The molecule has 2 amide bonds. The van der Waals surface area contributed by atoms with Crippen LogP contribution in [0.15, 0.2) is 85.1 Å². The van der Waals surface area contributed by atoms with E-state index >= 15 is 0 Å². The van der Waals surface area contributed by atoms with Crippen molar-refractivity contribution in [3.05, 3.63) is 102 Å². The maximum absolute atomic E-state index is 13.6. The molecule has 0 saturated heterocycles. The van der Waals surface area contributed by atoms with Crippen molar-refractivity contribution in [3.8, 4) is 0 Å². The van der Waals surface area contributed by atoms with E-state index in [0.29, 0.717) is 26.1 Å². The van der Waals surface area contributed by atoms with Crippen molar-refractivity contribution in [2.24, 2.45) is 0 Å². The van der Waals surface area contributed by atoms with Gasteiger partial charge in [-0.05, 0) is 41.3 Å². The minimum Gasteiger partial charge on any atom is -0.378 e. The highest BCUT2D eigenvalue weighted by atomic mass is 35.5. The van der Waals surface area contributed by atoms with E-state index in [0.717, 1.165) is 33.3 Å². The van der Waals surface area contributed by atoms with Gasteiger partial charge in [-0.25, -0.2) is 0 Å². The van der Waals surface area contributed by atoms with E-state index < -0.39 is 0 Å². The number of halogens is 1. The van der Waals surface area contributed by atoms with Gasteiger partial charge >= 0.3 is 0 Å². The first-order valence-electron chi connectivity index (χ1n) is 12.4. The van der Waals surface area contributed by atoms with Gasteiger partial charge in [-0.2, -0.15) is 0 Å². The van der Waals surface area contributed by atoms with E-state index in [4.69, 9.17) is 11.6 Å². The Bertz CT molecular complexity index is 1320. The number of nitrogens with one attached hydrogen (secondary N) is 1. The van der Waals surface area contributed by atoms with Gasteiger partial charge in [0.1, 0.15) is 12.4 Å². The van der Waals surface area contributed by atoms with Crippen molar-refractivity contribution in [3.63, 3.8) is 0 Å². The number of para-hydroxylation sites is 1. The predicted octanol–water partition coefficient (Wildman–Crippen LogP) is 5.07. The second-order valence-corrected chi connectivity index (χ2v) is 9.62. The second-order valence-electron chi connectivity index (χ2n) is 9.35. The van der Waals surface area contributed by atoms with Gasteiger partial charge in [0.15, 0.2) is 0 Å². The molecule has 0 fully saturated rings. The third-order valence-electron chi connectivity index (χ3n) is 6.51. The number of anilines is 1. The summed E-state index contributed by atoms with van der Waals surface area (Å²) in [5.41, 5.74) is 5.34. The Morgan fingerprint density at radius 3 is 2.14 bits per heavy atom. The van der Waals surface area contributed by atoms with Gasteiger partial charge < -0.3 is 19.7 Å². The molecule has 1 N–H and O–H groups in total. The Labute approximate surface area is 223 Å². The molecule has 4 rings (SSSR count). The number of carbonyl (C=O) groups excluding carboxylic acids is 2. The van der Waals surface area contributed by atoms with Crippen LogP contribution < -0.4 is 4.90 Å². The molecule has 0 spiro atoms. The zero-order chi connectivity index (χ0) is 26.2. The summed E-state index contributed by atoms with van der Waals surface area (Å²) in [6.45, 7) is 1.31. The first-order chi connectivity index (χ1) is 17.9. The molecule has 37 heavy (non-hydrogen) atoms. The molecule has 6 nitrogen and oxygen atoms in total. The van der Waals surface area contributed by atoms with Crippen LogP contribution in [-0.4, -0.2) is 59.7 Å². The van der Waals surface area contributed by atoms with E-state index in [2.05, 4.69) is 23.2 Å². The molecule has 0 atom stereocenters. The number of benzene rings is 3. The Kier molecular flexibility index (Phi) is 8.86. The number of amides is 2. The van der Waals surface area contributed by atoms with Crippen LogP contribution in [0.4, 0.5) is 5.69 Å². The Hall–Kier alpha value is -3.77. The van der Waals surface area contributed by atoms with Crippen molar-refractivity contribution >= 4 is 40.0 Å². The minimum atomic E-state index is -0.259. The summed E-state index contributed by atoms with van der Waals surface area (Å²) in [6, 6.07) is 26.0. The highest BCUT2D eigenvalue weighted by molar-refractivity contribution is 6.27. The zero-order valence-electron chi connectivity index (χ0n) is 21.4. The third kappa shape index (κ3) is 6.92. The Balaban J connectivity index is 1.53. The zero-order valence-corrected chi connectivity index (χ0v) is 22.1. The van der Waals surface area contributed by atoms with Crippen molar-refractivity contribution < 1.29 is 9.59 Å². The Morgan fingerprint density at radius 2 is 1.43 bits per heavy atom. The Morgan fingerprint density at radius 1 is 0.784 bits per heavy atom. The van der Waals surface area contributed by atoms with Gasteiger partial charge in [0.25, 0.3) is 0 Å². The van der Waals surface area contributed by atoms with E-state index in [-0.39, 0.29) is 24.2 Å². The van der Waals surface area contributed by atoms with Gasteiger partial charge in [0.2, 0.25) is 11.8 Å². The van der Waals surface area contributed by atoms with Crippen LogP contribution in [0.25, 0.3) is 10.9 Å². The fourth-order valence-electron chi connectivity index (χ4n) is 4.39. The summed E-state index contributed by atoms with van der Waals surface area (Å²) in [7, 11) is 4.00. The number of H-pyrrole nitrogens is 1. The summed E-state index contributed by atoms with van der Waals surface area (Å²) in [6.07, 6.45) is 2.71. The minimum absolute atomic E-state index is 0.0237. The lowest BCUT2D eigenvalue weighted by Crippen LogP contribution is -2.43. The number of fused-ring (bicyclic) bond motifs is 1. The van der Waals surface area contributed by atoms with Crippen molar-refractivity contribution in [2.75, 3.05) is 38.0 Å². The lowest BCUT2D eigenvalue weighted by atomic mass is 10.1. The summed E-state index contributed by atoms with van der Waals surface area (Å²) < 4.78 is 0. The molecule has 0 aliphatic heterocycles. The van der Waals surface area contributed by atoms with E-state index in [1.165, 1.54) is 0 Å². The summed E-state index contributed by atoms with van der Waals surface area (Å²) in [5, 5.41) is 1.16. The normalized spacial score (nSPS) is 10.9. The first-order valence-corrected chi connectivity index (χ1v) is 12.9. The number of aromatic nitrogens is 1. The first kappa shape index (κ1) is 26.3. The van der Waals surface area contributed by atoms with Gasteiger partial charge in [0, 0.05) is 56.5 Å². The van der Waals surface area contributed by atoms with Crippen molar-refractivity contribution in [1.82, 2.24) is 14.8 Å². The number of alkyl halides is 1. The van der Waals surface area contributed by atoms with E-state index in [1.54, 1.807) is 4.90 Å². The maximum atomic E-state index is 13.6. The van der Waals surface area contributed by atoms with Gasteiger partial charge in [-0.3, -0.25) is 9.59 Å². The average Bonchev–Trinajstić information content (AvgIpc) is 3.34. The molecule has 0 unspecified atom stereocenters. The van der Waals surface area contributed by atoms with Crippen LogP contribution in [0.2, 0.25) is 0 Å². The number of aromatic amines is 1. The highest BCUT2D eigenvalue weighted by Gasteiger charge is 2.22. The molecule has 1 aromatic heterocycles. The molecular weight excluding hydrogens is 484 g/mol. The summed E-state index contributed by atoms with van der Waals surface area (Å²) >= 11 is 5.91. The molecule has 3 aromatic carbocycles. The van der Waals surface area contributed by atoms with Crippen LogP contribution in [0.5, 0.6) is 0 Å². The second kappa shape index (κ2) is 12.5. The number of nitrogens with zero attached hydrogens (tertiary/aromatic N) is 3. The molecule has 192 valence electrons. The maximum Gasteiger partial charge on any atom is 0.242 e. The third-order valence-corrected chi connectivity index (χ3v) is 6.74. The largest absolute Gasteiger partial charge is 0.378 e. The average molecular weight is 517 g/mol. The molecule has 0 saturated carbocycles. The van der Waals surface area contributed by atoms with E-state index in [9.17, 15) is 9.59 Å². The van der Waals surface area contributed by atoms with Crippen LogP contribution in [0, 0.1) is 0 Å². The topological polar surface area (TPSA) is 59.7 Å². The number of carbonyl (C=O) groups is 2. The van der Waals surface area contributed by atoms with Gasteiger partial charge in [-0.1, -0.05) is 60.7 Å². The predicted molar refractivity (Wildman–Crippen MR) is 151 cm³/mol. The van der Waals surface area contributed by atoms with Crippen molar-refractivity contribution in [1.29, 1.82) is 0 Å². The van der Waals surface area contributed by atoms with Crippen LogP contribution in [0.1, 0.15) is 16.7 Å². The van der Waals surface area contributed by atoms with Crippen LogP contribution in [-0.2, 0) is 29.1 Å². The number of hydrogen-bond acceptors (Lipinski definition) is 3. The number of rotatable bonds is 11. The van der Waals surface area contributed by atoms with Gasteiger partial charge in [-0.15, -0.1) is 11.6 Å². The lowest BCUT2D eigenvalue weighted by molar-refractivity contribution is -0.140. The SMILES string of the molecule is CN(C)c1ccc(CN(CCc2c[nH]c3ccccc23)C(=O)CN(Cc2ccccc2)C(=O)CCl)cc1. The molecule has 0 bridgehead atoms. The summed E-state index contributed by atoms with van der Waals surface area (Å²) in [5.74, 6) is -0.529. The quantitative estimate of drug-likeness (QED) is 0.283. The molecule has 0 aliphatic rings. The lowest BCUT2D eigenvalue weighted by Gasteiger charge is -2.28.